The van der Waals surface area contributed by atoms with Gasteiger partial charge in [-0.05, 0) is 19.8 Å². The Kier molecular flexibility index (Phi) is 6.75. The lowest BCUT2D eigenvalue weighted by Gasteiger charge is -2.13. The van der Waals surface area contributed by atoms with Gasteiger partial charge in [0.05, 0.1) is 0 Å². The topological polar surface area (TPSA) is 0 Å². The van der Waals surface area contributed by atoms with Gasteiger partial charge in [-0.2, -0.15) is 0 Å². The van der Waals surface area contributed by atoms with E-state index < -0.39 is 0 Å². The second-order valence-corrected chi connectivity index (χ2v) is 3.91. The molecule has 0 aliphatic carbocycles. The summed E-state index contributed by atoms with van der Waals surface area (Å²) >= 11 is 0. The first-order valence-electron chi connectivity index (χ1n) is 5.24. The highest BCUT2D eigenvalue weighted by molar-refractivity contribution is 6.37. The van der Waals surface area contributed by atoms with E-state index in [9.17, 15) is 0 Å². The molecule has 1 atom stereocenters. The van der Waals surface area contributed by atoms with Crippen LogP contribution in [0.4, 0.5) is 0 Å². The Morgan fingerprint density at radius 1 is 1.23 bits per heavy atom. The van der Waals surface area contributed by atoms with Crippen LogP contribution >= 0.6 is 0 Å². The molecular formula is C12H22B. The highest BCUT2D eigenvalue weighted by Gasteiger charge is 2.06. The van der Waals surface area contributed by atoms with E-state index in [1.54, 1.807) is 0 Å². The van der Waals surface area contributed by atoms with E-state index in [1.165, 1.54) is 11.9 Å². The van der Waals surface area contributed by atoms with Crippen LogP contribution < -0.4 is 0 Å². The maximum absolute atomic E-state index is 2.39. The van der Waals surface area contributed by atoms with E-state index in [2.05, 4.69) is 60.1 Å². The zero-order chi connectivity index (χ0) is 10.3. The quantitative estimate of drug-likeness (QED) is 0.438. The molecule has 0 aliphatic rings. The zero-order valence-corrected chi connectivity index (χ0v) is 9.67. The van der Waals surface area contributed by atoms with E-state index in [-0.39, 0.29) is 0 Å². The second kappa shape index (κ2) is 7.00. The molecule has 0 nitrogen and oxygen atoms in total. The largest absolute Gasteiger partial charge is 0.113 e. The minimum absolute atomic E-state index is 0.656. The molecule has 0 saturated heterocycles. The molecule has 13 heavy (non-hydrogen) atoms. The SMILES string of the molecule is C/C=C\C(=C/C)C(C)C[B]C(C)C. The highest BCUT2D eigenvalue weighted by atomic mass is 14.0. The van der Waals surface area contributed by atoms with Crippen molar-refractivity contribution in [1.29, 1.82) is 0 Å². The first-order valence-corrected chi connectivity index (χ1v) is 5.24. The Bertz CT molecular complexity index is 178. The van der Waals surface area contributed by atoms with Gasteiger partial charge in [0.2, 0.25) is 0 Å². The van der Waals surface area contributed by atoms with E-state index >= 15 is 0 Å². The molecule has 0 fully saturated rings. The van der Waals surface area contributed by atoms with Crippen LogP contribution in [0.5, 0.6) is 0 Å². The Hall–Kier alpha value is -0.455. The molecule has 1 heteroatoms. The van der Waals surface area contributed by atoms with Gasteiger partial charge >= 0.3 is 0 Å². The normalized spacial score (nSPS) is 15.4. The highest BCUT2D eigenvalue weighted by Crippen LogP contribution is 2.18. The van der Waals surface area contributed by atoms with Crippen molar-refractivity contribution < 1.29 is 0 Å². The summed E-state index contributed by atoms with van der Waals surface area (Å²) in [5, 5.41) is 0. The molecule has 1 radical (unpaired) electrons. The Labute approximate surface area is 84.4 Å². The maximum atomic E-state index is 2.39. The van der Waals surface area contributed by atoms with Gasteiger partial charge in [-0.15, -0.1) is 0 Å². The van der Waals surface area contributed by atoms with Crippen molar-refractivity contribution in [2.45, 2.75) is 46.8 Å². The van der Waals surface area contributed by atoms with Crippen LogP contribution in [0, 0.1) is 5.92 Å². The summed E-state index contributed by atoms with van der Waals surface area (Å²) in [7, 11) is 2.39. The molecule has 73 valence electrons. The molecule has 0 aromatic carbocycles. The summed E-state index contributed by atoms with van der Waals surface area (Å²) in [5.74, 6) is 1.36. The molecule has 1 unspecified atom stereocenters. The molecule has 0 heterocycles. The van der Waals surface area contributed by atoms with Crippen molar-refractivity contribution in [3.63, 3.8) is 0 Å². The van der Waals surface area contributed by atoms with E-state index in [0.717, 1.165) is 0 Å². The summed E-state index contributed by atoms with van der Waals surface area (Å²) in [6.07, 6.45) is 7.71. The fourth-order valence-corrected chi connectivity index (χ4v) is 1.35. The monoisotopic (exact) mass is 177 g/mol. The lowest BCUT2D eigenvalue weighted by molar-refractivity contribution is 0.775. The predicted octanol–water partition coefficient (Wildman–Crippen LogP) is 4.10. The number of rotatable bonds is 5. The predicted molar refractivity (Wildman–Crippen MR) is 63.4 cm³/mol. The Morgan fingerprint density at radius 3 is 2.23 bits per heavy atom. The number of allylic oxidation sites excluding steroid dienone is 4. The molecule has 0 N–H and O–H groups in total. The molecule has 0 aromatic heterocycles. The summed E-state index contributed by atoms with van der Waals surface area (Å²) in [6.45, 7) is 10.9. The van der Waals surface area contributed by atoms with Gasteiger partial charge in [0.25, 0.3) is 0 Å². The van der Waals surface area contributed by atoms with Crippen molar-refractivity contribution in [2.24, 2.45) is 5.92 Å². The van der Waals surface area contributed by atoms with E-state index in [4.69, 9.17) is 0 Å². The van der Waals surface area contributed by atoms with Gasteiger partial charge in [0, 0.05) is 0 Å². The van der Waals surface area contributed by atoms with Crippen molar-refractivity contribution in [3.8, 4) is 0 Å². The van der Waals surface area contributed by atoms with Crippen LogP contribution in [0.2, 0.25) is 12.1 Å². The summed E-state index contributed by atoms with van der Waals surface area (Å²) < 4.78 is 0. The lowest BCUT2D eigenvalue weighted by atomic mass is 9.60. The van der Waals surface area contributed by atoms with Crippen molar-refractivity contribution in [2.75, 3.05) is 0 Å². The minimum atomic E-state index is 0.656. The molecule has 0 spiro atoms. The van der Waals surface area contributed by atoms with Gasteiger partial charge in [-0.3, -0.25) is 0 Å². The van der Waals surface area contributed by atoms with Crippen LogP contribution in [0.1, 0.15) is 34.6 Å². The first kappa shape index (κ1) is 12.5. The average Bonchev–Trinajstić information content (AvgIpc) is 2.10. The van der Waals surface area contributed by atoms with Crippen LogP contribution in [0.15, 0.2) is 23.8 Å². The van der Waals surface area contributed by atoms with Gasteiger partial charge in [0.1, 0.15) is 7.28 Å². The van der Waals surface area contributed by atoms with Gasteiger partial charge < -0.3 is 0 Å². The van der Waals surface area contributed by atoms with Crippen LogP contribution in [0.3, 0.4) is 0 Å². The molecule has 0 saturated carbocycles. The van der Waals surface area contributed by atoms with E-state index in [0.29, 0.717) is 11.7 Å². The summed E-state index contributed by atoms with van der Waals surface area (Å²) in [5.41, 5.74) is 1.44. The van der Waals surface area contributed by atoms with Crippen LogP contribution in [-0.4, -0.2) is 7.28 Å². The molecule has 0 bridgehead atoms. The van der Waals surface area contributed by atoms with Gasteiger partial charge in [-0.25, -0.2) is 0 Å². The summed E-state index contributed by atoms with van der Waals surface area (Å²) in [4.78, 5) is 0. The second-order valence-electron chi connectivity index (χ2n) is 3.91. The van der Waals surface area contributed by atoms with E-state index in [1.807, 2.05) is 0 Å². The zero-order valence-electron chi connectivity index (χ0n) is 9.67. The Morgan fingerprint density at radius 2 is 1.85 bits per heavy atom. The summed E-state index contributed by atoms with van der Waals surface area (Å²) in [6, 6.07) is 0. The van der Waals surface area contributed by atoms with Crippen molar-refractivity contribution in [1.82, 2.24) is 0 Å². The molecule has 0 aromatic rings. The fraction of sp³-hybridized carbons (Fsp3) is 0.667. The Balaban J connectivity index is 4.00. The minimum Gasteiger partial charge on any atom is -0.0874 e. The molecule has 0 aliphatic heterocycles. The molecule has 0 rings (SSSR count). The van der Waals surface area contributed by atoms with Gasteiger partial charge in [0.15, 0.2) is 0 Å². The lowest BCUT2D eigenvalue weighted by Crippen LogP contribution is -2.04. The standard InChI is InChI=1S/C12H22B/c1-6-8-12(7-2)11(5)9-13-10(3)4/h6-8,10-11H,9H2,1-5H3/b8-6-,12-7+. The fourth-order valence-electron chi connectivity index (χ4n) is 1.35. The average molecular weight is 177 g/mol. The third-order valence-corrected chi connectivity index (χ3v) is 2.22. The number of hydrogen-bond donors (Lipinski definition) is 0. The third kappa shape index (κ3) is 5.73. The third-order valence-electron chi connectivity index (χ3n) is 2.22. The van der Waals surface area contributed by atoms with Crippen molar-refractivity contribution in [3.05, 3.63) is 23.8 Å². The molecular weight excluding hydrogens is 155 g/mol. The van der Waals surface area contributed by atoms with Crippen LogP contribution in [-0.2, 0) is 0 Å². The number of hydrogen-bond acceptors (Lipinski definition) is 0. The molecule has 0 amide bonds. The smallest absolute Gasteiger partial charge is 0.0874 e. The van der Waals surface area contributed by atoms with Gasteiger partial charge in [-0.1, -0.05) is 56.7 Å². The maximum Gasteiger partial charge on any atom is 0.113 e. The first-order chi connectivity index (χ1) is 6.11. The van der Waals surface area contributed by atoms with Crippen LogP contribution in [0.25, 0.3) is 0 Å². The van der Waals surface area contributed by atoms with Crippen molar-refractivity contribution >= 4 is 7.28 Å².